The van der Waals surface area contributed by atoms with Gasteiger partial charge in [0.05, 0.1) is 25.0 Å². The molecule has 1 N–H and O–H groups in total. The molecule has 0 fully saturated rings. The first kappa shape index (κ1) is 19.7. The molecule has 0 heterocycles. The van der Waals surface area contributed by atoms with Crippen LogP contribution in [0.2, 0.25) is 0 Å². The Kier molecular flexibility index (Phi) is 7.15. The van der Waals surface area contributed by atoms with Crippen LogP contribution in [0.15, 0.2) is 54.1 Å². The molecule has 0 atom stereocenters. The summed E-state index contributed by atoms with van der Waals surface area (Å²) in [6, 6.07) is 15.4. The number of methoxy groups -OCH3 is 1. The van der Waals surface area contributed by atoms with Crippen LogP contribution in [-0.4, -0.2) is 25.6 Å². The molecule has 0 aliphatic rings. The predicted octanol–water partition coefficient (Wildman–Crippen LogP) is 3.81. The highest BCUT2D eigenvalue weighted by Gasteiger charge is 2.15. The summed E-state index contributed by atoms with van der Waals surface area (Å²) < 4.78 is 10.2. The average molecular weight is 364 g/mol. The molecule has 0 spiro atoms. The number of para-hydroxylation sites is 1. The number of rotatable bonds is 7. The van der Waals surface area contributed by atoms with E-state index in [1.54, 1.807) is 42.5 Å². The molecule has 1 amide bonds. The molecular weight excluding hydrogens is 344 g/mol. The van der Waals surface area contributed by atoms with E-state index in [1.807, 2.05) is 13.0 Å². The second-order valence-corrected chi connectivity index (χ2v) is 5.58. The molecule has 0 aromatic heterocycles. The Morgan fingerprint density at radius 1 is 1.15 bits per heavy atom. The number of hydrogen-bond acceptors (Lipinski definition) is 5. The molecule has 0 aliphatic heterocycles. The van der Waals surface area contributed by atoms with E-state index in [1.165, 1.54) is 19.3 Å². The summed E-state index contributed by atoms with van der Waals surface area (Å²) in [7, 11) is 1.26. The maximum absolute atomic E-state index is 12.4. The van der Waals surface area contributed by atoms with Crippen LogP contribution in [0.3, 0.4) is 0 Å². The second kappa shape index (κ2) is 9.78. The first-order chi connectivity index (χ1) is 13.1. The molecule has 0 aliphatic carbocycles. The minimum atomic E-state index is -0.611. The van der Waals surface area contributed by atoms with Crippen molar-refractivity contribution in [3.63, 3.8) is 0 Å². The summed E-state index contributed by atoms with van der Waals surface area (Å²) in [6.07, 6.45) is 2.38. The molecule has 27 heavy (non-hydrogen) atoms. The first-order valence-electron chi connectivity index (χ1n) is 8.42. The van der Waals surface area contributed by atoms with Crippen molar-refractivity contribution in [2.75, 3.05) is 19.0 Å². The highest BCUT2D eigenvalue weighted by Crippen LogP contribution is 2.18. The Morgan fingerprint density at radius 3 is 2.48 bits per heavy atom. The van der Waals surface area contributed by atoms with Crippen LogP contribution < -0.4 is 10.1 Å². The van der Waals surface area contributed by atoms with Crippen LogP contribution in [0.25, 0.3) is 6.08 Å². The van der Waals surface area contributed by atoms with Crippen LogP contribution in [0.5, 0.6) is 5.75 Å². The third-order valence-corrected chi connectivity index (χ3v) is 3.61. The van der Waals surface area contributed by atoms with Crippen LogP contribution in [0.4, 0.5) is 5.69 Å². The van der Waals surface area contributed by atoms with Crippen molar-refractivity contribution in [3.05, 3.63) is 65.2 Å². The third-order valence-electron chi connectivity index (χ3n) is 3.61. The van der Waals surface area contributed by atoms with Gasteiger partial charge < -0.3 is 14.8 Å². The number of amides is 1. The standard InChI is InChI=1S/C21H20N2O4/c1-3-12-27-17-10-8-15(9-11-17)13-16(14-22)20(24)23-19-7-5-4-6-18(19)21(25)26-2/h4-11,13H,3,12H2,1-2H3,(H,23,24)/b16-13+. The van der Waals surface area contributed by atoms with E-state index >= 15 is 0 Å². The van der Waals surface area contributed by atoms with Gasteiger partial charge in [-0.1, -0.05) is 31.2 Å². The zero-order valence-corrected chi connectivity index (χ0v) is 15.2. The average Bonchev–Trinajstić information content (AvgIpc) is 2.71. The van der Waals surface area contributed by atoms with Gasteiger partial charge >= 0.3 is 5.97 Å². The normalized spacial score (nSPS) is 10.6. The lowest BCUT2D eigenvalue weighted by molar-refractivity contribution is -0.112. The lowest BCUT2D eigenvalue weighted by Crippen LogP contribution is -2.16. The van der Waals surface area contributed by atoms with Gasteiger partial charge in [-0.25, -0.2) is 4.79 Å². The minimum Gasteiger partial charge on any atom is -0.494 e. The number of esters is 1. The molecule has 0 bridgehead atoms. The molecule has 6 heteroatoms. The Balaban J connectivity index is 2.18. The fourth-order valence-corrected chi connectivity index (χ4v) is 2.27. The fourth-order valence-electron chi connectivity index (χ4n) is 2.27. The maximum Gasteiger partial charge on any atom is 0.339 e. The van der Waals surface area contributed by atoms with Crippen molar-refractivity contribution in [2.45, 2.75) is 13.3 Å². The van der Waals surface area contributed by atoms with E-state index in [-0.39, 0.29) is 16.8 Å². The molecule has 2 aromatic rings. The van der Waals surface area contributed by atoms with Gasteiger partial charge in [-0.2, -0.15) is 5.26 Å². The summed E-state index contributed by atoms with van der Waals surface area (Å²) >= 11 is 0. The molecule has 0 saturated heterocycles. The Hall–Kier alpha value is -3.59. The summed E-state index contributed by atoms with van der Waals surface area (Å²) in [5.41, 5.74) is 1.09. The third kappa shape index (κ3) is 5.44. The lowest BCUT2D eigenvalue weighted by Gasteiger charge is -2.09. The van der Waals surface area contributed by atoms with Gasteiger partial charge in [0.2, 0.25) is 0 Å². The van der Waals surface area contributed by atoms with Crippen LogP contribution in [-0.2, 0) is 9.53 Å². The van der Waals surface area contributed by atoms with Crippen molar-refractivity contribution in [3.8, 4) is 11.8 Å². The van der Waals surface area contributed by atoms with Gasteiger partial charge in [0.15, 0.2) is 0 Å². The number of nitriles is 1. The van der Waals surface area contributed by atoms with E-state index in [0.717, 1.165) is 12.2 Å². The van der Waals surface area contributed by atoms with Crippen LogP contribution >= 0.6 is 0 Å². The quantitative estimate of drug-likeness (QED) is 0.458. The fraction of sp³-hybridized carbons (Fsp3) is 0.190. The molecule has 2 aromatic carbocycles. The van der Waals surface area contributed by atoms with Crippen LogP contribution in [0, 0.1) is 11.3 Å². The number of nitrogens with zero attached hydrogens (tertiary/aromatic N) is 1. The zero-order chi connectivity index (χ0) is 19.6. The predicted molar refractivity (Wildman–Crippen MR) is 102 cm³/mol. The number of carbonyl (C=O) groups is 2. The number of hydrogen-bond donors (Lipinski definition) is 1. The van der Waals surface area contributed by atoms with Crippen molar-refractivity contribution in [2.24, 2.45) is 0 Å². The summed E-state index contributed by atoms with van der Waals surface area (Å²) in [5, 5.41) is 11.9. The van der Waals surface area contributed by atoms with E-state index in [2.05, 4.69) is 5.32 Å². The lowest BCUT2D eigenvalue weighted by atomic mass is 10.1. The first-order valence-corrected chi connectivity index (χ1v) is 8.42. The Bertz CT molecular complexity index is 880. The van der Waals surface area contributed by atoms with Crippen molar-refractivity contribution < 1.29 is 19.1 Å². The number of nitrogens with one attached hydrogen (secondary N) is 1. The highest BCUT2D eigenvalue weighted by molar-refractivity contribution is 6.11. The van der Waals surface area contributed by atoms with Crippen LogP contribution in [0.1, 0.15) is 29.3 Å². The van der Waals surface area contributed by atoms with E-state index in [4.69, 9.17) is 9.47 Å². The van der Waals surface area contributed by atoms with Gasteiger partial charge in [-0.05, 0) is 42.3 Å². The number of ether oxygens (including phenoxy) is 2. The Labute approximate surface area is 158 Å². The zero-order valence-electron chi connectivity index (χ0n) is 15.2. The largest absolute Gasteiger partial charge is 0.494 e. The molecular formula is C21H20N2O4. The highest BCUT2D eigenvalue weighted by atomic mass is 16.5. The number of carbonyl (C=O) groups excluding carboxylic acids is 2. The van der Waals surface area contributed by atoms with Gasteiger partial charge in [0.25, 0.3) is 5.91 Å². The van der Waals surface area contributed by atoms with Gasteiger partial charge in [0, 0.05) is 0 Å². The maximum atomic E-state index is 12.4. The van der Waals surface area contributed by atoms with Crippen molar-refractivity contribution in [1.29, 1.82) is 5.26 Å². The monoisotopic (exact) mass is 364 g/mol. The molecule has 0 saturated carbocycles. The second-order valence-electron chi connectivity index (χ2n) is 5.58. The van der Waals surface area contributed by atoms with Gasteiger partial charge in [-0.3, -0.25) is 4.79 Å². The van der Waals surface area contributed by atoms with Crippen molar-refractivity contribution in [1.82, 2.24) is 0 Å². The van der Waals surface area contributed by atoms with Crippen molar-refractivity contribution >= 4 is 23.6 Å². The van der Waals surface area contributed by atoms with Gasteiger partial charge in [-0.15, -0.1) is 0 Å². The molecule has 0 unspecified atom stereocenters. The minimum absolute atomic E-state index is 0.0862. The van der Waals surface area contributed by atoms with Gasteiger partial charge in [0.1, 0.15) is 17.4 Å². The van der Waals surface area contributed by atoms with E-state index in [9.17, 15) is 14.9 Å². The molecule has 2 rings (SSSR count). The summed E-state index contributed by atoms with van der Waals surface area (Å²) in [4.78, 5) is 24.2. The SMILES string of the molecule is CCCOc1ccc(/C=C(\C#N)C(=O)Nc2ccccc2C(=O)OC)cc1. The number of anilines is 1. The topological polar surface area (TPSA) is 88.4 Å². The number of benzene rings is 2. The summed E-state index contributed by atoms with van der Waals surface area (Å²) in [6.45, 7) is 2.65. The molecule has 138 valence electrons. The Morgan fingerprint density at radius 2 is 1.85 bits per heavy atom. The smallest absolute Gasteiger partial charge is 0.339 e. The molecule has 6 nitrogen and oxygen atoms in total. The molecule has 0 radical (unpaired) electrons. The van der Waals surface area contributed by atoms with E-state index < -0.39 is 11.9 Å². The van der Waals surface area contributed by atoms with E-state index in [0.29, 0.717) is 12.2 Å². The summed E-state index contributed by atoms with van der Waals surface area (Å²) in [5.74, 6) is -0.458.